The largest absolute Gasteiger partial charge is 0.490 e. The molecule has 2 saturated heterocycles. The van der Waals surface area contributed by atoms with Crippen LogP contribution >= 0.6 is 27.7 Å². The van der Waals surface area contributed by atoms with Crippen molar-refractivity contribution in [3.63, 3.8) is 0 Å². The minimum atomic E-state index is -1.13. The summed E-state index contributed by atoms with van der Waals surface area (Å²) in [7, 11) is 0. The third-order valence-corrected chi connectivity index (χ3v) is 6.34. The lowest BCUT2D eigenvalue weighted by molar-refractivity contribution is -0.139. The number of likely N-dealkylation sites (tertiary alicyclic amines) is 1. The van der Waals surface area contributed by atoms with Gasteiger partial charge in [0.2, 0.25) is 5.91 Å². The van der Waals surface area contributed by atoms with E-state index in [9.17, 15) is 19.2 Å². The number of carboxylic acids is 1. The zero-order chi connectivity index (χ0) is 23.3. The highest BCUT2D eigenvalue weighted by Crippen LogP contribution is 2.39. The second kappa shape index (κ2) is 10.9. The molecule has 32 heavy (non-hydrogen) atoms. The van der Waals surface area contributed by atoms with E-state index in [-0.39, 0.29) is 23.1 Å². The van der Waals surface area contributed by atoms with E-state index in [1.54, 1.807) is 24.0 Å². The minimum absolute atomic E-state index is 0.190. The van der Waals surface area contributed by atoms with Gasteiger partial charge in [-0.15, -0.1) is 0 Å². The van der Waals surface area contributed by atoms with Crippen LogP contribution in [0.4, 0.5) is 4.79 Å². The molecule has 0 aliphatic carbocycles. The fraction of sp³-hybridized carbons (Fsp3) is 0.429. The van der Waals surface area contributed by atoms with Crippen LogP contribution in [0.15, 0.2) is 21.5 Å². The summed E-state index contributed by atoms with van der Waals surface area (Å²) in [6, 6.07) is 3.23. The quantitative estimate of drug-likeness (QED) is 0.513. The van der Waals surface area contributed by atoms with Crippen molar-refractivity contribution in [2.24, 2.45) is 0 Å². The van der Waals surface area contributed by atoms with Gasteiger partial charge in [0.15, 0.2) is 18.1 Å². The van der Waals surface area contributed by atoms with Crippen LogP contribution in [0.5, 0.6) is 11.5 Å². The summed E-state index contributed by atoms with van der Waals surface area (Å²) in [6.45, 7) is 2.57. The molecule has 0 atom stereocenters. The number of carbonyl (C=O) groups is 4. The first-order valence-electron chi connectivity index (χ1n) is 10.1. The minimum Gasteiger partial charge on any atom is -0.490 e. The molecule has 0 unspecified atom stereocenters. The van der Waals surface area contributed by atoms with Crippen molar-refractivity contribution in [1.29, 1.82) is 0 Å². The van der Waals surface area contributed by atoms with E-state index in [4.69, 9.17) is 14.6 Å². The normalized spacial score (nSPS) is 17.8. The Balaban J connectivity index is 1.78. The van der Waals surface area contributed by atoms with E-state index in [0.29, 0.717) is 35.5 Å². The third kappa shape index (κ3) is 5.83. The molecule has 9 nitrogen and oxygen atoms in total. The highest BCUT2D eigenvalue weighted by molar-refractivity contribution is 9.10. The molecule has 3 amide bonds. The molecule has 3 rings (SSSR count). The van der Waals surface area contributed by atoms with Crippen LogP contribution in [-0.4, -0.2) is 70.8 Å². The summed E-state index contributed by atoms with van der Waals surface area (Å²) < 4.78 is 11.3. The predicted octanol–water partition coefficient (Wildman–Crippen LogP) is 3.36. The fourth-order valence-corrected chi connectivity index (χ4v) is 4.79. The fourth-order valence-electron chi connectivity index (χ4n) is 3.37. The maximum absolute atomic E-state index is 12.8. The van der Waals surface area contributed by atoms with Crippen molar-refractivity contribution in [1.82, 2.24) is 9.80 Å². The molecule has 2 fully saturated rings. The van der Waals surface area contributed by atoms with Gasteiger partial charge in [-0.1, -0.05) is 0 Å². The van der Waals surface area contributed by atoms with Crippen LogP contribution in [-0.2, 0) is 14.4 Å². The van der Waals surface area contributed by atoms with Crippen LogP contribution in [0.25, 0.3) is 6.08 Å². The van der Waals surface area contributed by atoms with Crippen LogP contribution in [0.3, 0.4) is 0 Å². The van der Waals surface area contributed by atoms with Gasteiger partial charge in [0, 0.05) is 13.1 Å². The van der Waals surface area contributed by atoms with E-state index < -0.39 is 23.7 Å². The number of aliphatic carboxylic acids is 1. The van der Waals surface area contributed by atoms with Crippen molar-refractivity contribution >= 4 is 56.8 Å². The number of benzene rings is 1. The molecule has 2 aliphatic rings. The summed E-state index contributed by atoms with van der Waals surface area (Å²) in [5.74, 6) is -1.35. The topological polar surface area (TPSA) is 113 Å². The number of amides is 3. The van der Waals surface area contributed by atoms with Crippen LogP contribution in [0, 0.1) is 0 Å². The number of thioether (sulfide) groups is 1. The second-order valence-corrected chi connectivity index (χ2v) is 9.00. The molecular weight excluding hydrogens is 504 g/mol. The predicted molar refractivity (Wildman–Crippen MR) is 122 cm³/mol. The molecule has 0 radical (unpaired) electrons. The summed E-state index contributed by atoms with van der Waals surface area (Å²) >= 11 is 4.11. The Hall–Kier alpha value is -2.53. The van der Waals surface area contributed by atoms with E-state index in [1.165, 1.54) is 6.08 Å². The number of ether oxygens (including phenoxy) is 2. The first-order chi connectivity index (χ1) is 15.3. The number of halogens is 1. The van der Waals surface area contributed by atoms with Crippen molar-refractivity contribution in [3.05, 3.63) is 27.1 Å². The molecule has 1 aromatic rings. The number of hydrogen-bond donors (Lipinski definition) is 1. The first kappa shape index (κ1) is 24.1. The highest BCUT2D eigenvalue weighted by atomic mass is 79.9. The molecule has 0 spiro atoms. The van der Waals surface area contributed by atoms with Gasteiger partial charge in [-0.2, -0.15) is 0 Å². The molecule has 172 valence electrons. The van der Waals surface area contributed by atoms with E-state index in [1.807, 2.05) is 0 Å². The average molecular weight is 527 g/mol. The number of rotatable bonds is 8. The Morgan fingerprint density at radius 2 is 1.91 bits per heavy atom. The Morgan fingerprint density at radius 3 is 2.56 bits per heavy atom. The molecule has 1 N–H and O–H groups in total. The molecule has 11 heteroatoms. The number of imide groups is 1. The van der Waals surface area contributed by atoms with Crippen molar-refractivity contribution in [2.45, 2.75) is 26.2 Å². The number of nitrogens with zero attached hydrogens (tertiary/aromatic N) is 2. The van der Waals surface area contributed by atoms with Gasteiger partial charge in [-0.3, -0.25) is 19.3 Å². The number of piperidine rings is 1. The second-order valence-electron chi connectivity index (χ2n) is 7.15. The van der Waals surface area contributed by atoms with Crippen molar-refractivity contribution in [3.8, 4) is 11.5 Å². The van der Waals surface area contributed by atoms with Crippen LogP contribution in [0.1, 0.15) is 31.7 Å². The van der Waals surface area contributed by atoms with Gasteiger partial charge in [0.25, 0.3) is 11.1 Å². The van der Waals surface area contributed by atoms with Crippen molar-refractivity contribution in [2.75, 3.05) is 32.8 Å². The standard InChI is InChI=1S/C21H23BrN2O7S/c1-2-30-15-9-13(8-14(22)19(15)31-12-18(26)27)10-16-20(28)24(21(29)32-16)11-17(25)23-6-4-3-5-7-23/h8-10H,2-7,11-12H2,1H3,(H,26,27)/b16-10-. The zero-order valence-electron chi connectivity index (χ0n) is 17.5. The lowest BCUT2D eigenvalue weighted by Crippen LogP contribution is -2.44. The van der Waals surface area contributed by atoms with Gasteiger partial charge in [-0.05, 0) is 77.7 Å². The maximum Gasteiger partial charge on any atom is 0.341 e. The smallest absolute Gasteiger partial charge is 0.341 e. The Bertz CT molecular complexity index is 960. The van der Waals surface area contributed by atoms with E-state index in [2.05, 4.69) is 15.9 Å². The van der Waals surface area contributed by atoms with E-state index in [0.717, 1.165) is 35.9 Å². The molecular formula is C21H23BrN2O7S. The van der Waals surface area contributed by atoms with E-state index >= 15 is 0 Å². The van der Waals surface area contributed by atoms with Gasteiger partial charge >= 0.3 is 5.97 Å². The van der Waals surface area contributed by atoms with Gasteiger partial charge in [0.1, 0.15) is 6.54 Å². The number of carbonyl (C=O) groups excluding carboxylic acids is 3. The zero-order valence-corrected chi connectivity index (χ0v) is 19.9. The number of carboxylic acid groups (broad SMARTS) is 1. The summed E-state index contributed by atoms with van der Waals surface area (Å²) in [5.41, 5.74) is 0.552. The Labute approximate surface area is 197 Å². The molecule has 2 heterocycles. The molecule has 2 aliphatic heterocycles. The van der Waals surface area contributed by atoms with Gasteiger partial charge in [-0.25, -0.2) is 4.79 Å². The average Bonchev–Trinajstić information content (AvgIpc) is 3.01. The molecule has 0 saturated carbocycles. The Kier molecular flexibility index (Phi) is 8.19. The number of hydrogen-bond acceptors (Lipinski definition) is 7. The van der Waals surface area contributed by atoms with Gasteiger partial charge < -0.3 is 19.5 Å². The summed E-state index contributed by atoms with van der Waals surface area (Å²) in [5, 5.41) is 8.37. The molecule has 0 aromatic heterocycles. The van der Waals surface area contributed by atoms with Crippen LogP contribution < -0.4 is 9.47 Å². The summed E-state index contributed by atoms with van der Waals surface area (Å²) in [6.07, 6.45) is 4.46. The lowest BCUT2D eigenvalue weighted by Gasteiger charge is -2.27. The van der Waals surface area contributed by atoms with Crippen LogP contribution in [0.2, 0.25) is 0 Å². The Morgan fingerprint density at radius 1 is 1.19 bits per heavy atom. The monoisotopic (exact) mass is 526 g/mol. The van der Waals surface area contributed by atoms with Crippen molar-refractivity contribution < 1.29 is 33.8 Å². The maximum atomic E-state index is 12.8. The lowest BCUT2D eigenvalue weighted by atomic mass is 10.1. The molecule has 1 aromatic carbocycles. The van der Waals surface area contributed by atoms with Gasteiger partial charge in [0.05, 0.1) is 16.0 Å². The SMILES string of the molecule is CCOc1cc(/C=C2\SC(=O)N(CC(=O)N3CCCCC3)C2=O)cc(Br)c1OCC(=O)O. The third-order valence-electron chi connectivity index (χ3n) is 4.85. The highest BCUT2D eigenvalue weighted by Gasteiger charge is 2.37. The summed E-state index contributed by atoms with van der Waals surface area (Å²) in [4.78, 5) is 51.4. The molecule has 0 bridgehead atoms. The first-order valence-corrected chi connectivity index (χ1v) is 11.7.